The lowest BCUT2D eigenvalue weighted by molar-refractivity contribution is -0.130. The van der Waals surface area contributed by atoms with Crippen molar-refractivity contribution < 1.29 is 9.59 Å². The van der Waals surface area contributed by atoms with E-state index >= 15 is 0 Å². The van der Waals surface area contributed by atoms with Crippen molar-refractivity contribution in [3.63, 3.8) is 0 Å². The monoisotopic (exact) mass is 385 g/mol. The van der Waals surface area contributed by atoms with Crippen LogP contribution in [-0.2, 0) is 16.1 Å². The third kappa shape index (κ3) is 4.05. The standard InChI is InChI=1S/C21H31N5O2/c1-24-17(7-8-19(27)25-11-4-5-12-25)14-23-21(28)20-18(24)9-13-26(20)15-16-6-2-3-10-22-16/h2-3,6,10,17-18,20H,4-5,7-9,11-15H2,1H3,(H,23,28). The van der Waals surface area contributed by atoms with Crippen LogP contribution in [-0.4, -0.2) is 82.9 Å². The maximum absolute atomic E-state index is 12.9. The lowest BCUT2D eigenvalue weighted by Gasteiger charge is -2.33. The first-order valence-corrected chi connectivity index (χ1v) is 10.5. The Morgan fingerprint density at radius 1 is 1.25 bits per heavy atom. The van der Waals surface area contributed by atoms with Crippen LogP contribution in [0.3, 0.4) is 0 Å². The van der Waals surface area contributed by atoms with Gasteiger partial charge in [-0.2, -0.15) is 0 Å². The van der Waals surface area contributed by atoms with E-state index in [0.717, 1.165) is 51.0 Å². The summed E-state index contributed by atoms with van der Waals surface area (Å²) in [6, 6.07) is 6.17. The highest BCUT2D eigenvalue weighted by atomic mass is 16.2. The van der Waals surface area contributed by atoms with E-state index in [0.29, 0.717) is 19.5 Å². The van der Waals surface area contributed by atoms with Crippen LogP contribution in [0.5, 0.6) is 0 Å². The summed E-state index contributed by atoms with van der Waals surface area (Å²) >= 11 is 0. The summed E-state index contributed by atoms with van der Waals surface area (Å²) in [4.78, 5) is 36.3. The van der Waals surface area contributed by atoms with Gasteiger partial charge < -0.3 is 10.2 Å². The molecular formula is C21H31N5O2. The molecule has 0 radical (unpaired) electrons. The van der Waals surface area contributed by atoms with E-state index in [-0.39, 0.29) is 29.9 Å². The number of carbonyl (C=O) groups excluding carboxylic acids is 2. The SMILES string of the molecule is CN1C(CCC(=O)N2CCCC2)CNC(=O)C2C1CCN2Cc1ccccn1. The summed E-state index contributed by atoms with van der Waals surface area (Å²) in [7, 11) is 2.12. The zero-order valence-corrected chi connectivity index (χ0v) is 16.7. The highest BCUT2D eigenvalue weighted by Gasteiger charge is 2.45. The summed E-state index contributed by atoms with van der Waals surface area (Å²) in [5.74, 6) is 0.375. The van der Waals surface area contributed by atoms with Crippen LogP contribution >= 0.6 is 0 Å². The van der Waals surface area contributed by atoms with E-state index in [9.17, 15) is 9.59 Å². The van der Waals surface area contributed by atoms with Gasteiger partial charge in [0.1, 0.15) is 6.04 Å². The van der Waals surface area contributed by atoms with Crippen LogP contribution in [0.25, 0.3) is 0 Å². The normalized spacial score (nSPS) is 28.8. The number of likely N-dealkylation sites (tertiary alicyclic amines) is 2. The number of amides is 2. The number of likely N-dealkylation sites (N-methyl/N-ethyl adjacent to an activating group) is 1. The topological polar surface area (TPSA) is 68.8 Å². The van der Waals surface area contributed by atoms with Crippen LogP contribution < -0.4 is 5.32 Å². The molecule has 152 valence electrons. The Hall–Kier alpha value is -1.99. The number of nitrogens with zero attached hydrogens (tertiary/aromatic N) is 4. The summed E-state index contributed by atoms with van der Waals surface area (Å²) in [5, 5.41) is 3.14. The first-order chi connectivity index (χ1) is 13.6. The number of fused-ring (bicyclic) bond motifs is 1. The van der Waals surface area contributed by atoms with Gasteiger partial charge in [-0.1, -0.05) is 6.07 Å². The van der Waals surface area contributed by atoms with E-state index in [1.165, 1.54) is 0 Å². The molecule has 4 rings (SSSR count). The molecule has 0 aromatic carbocycles. The number of pyridine rings is 1. The summed E-state index contributed by atoms with van der Waals surface area (Å²) in [5.41, 5.74) is 0.996. The second kappa shape index (κ2) is 8.57. The maximum atomic E-state index is 12.9. The molecule has 0 saturated carbocycles. The molecule has 3 aliphatic rings. The fourth-order valence-electron chi connectivity index (χ4n) is 4.94. The van der Waals surface area contributed by atoms with Gasteiger partial charge in [0.25, 0.3) is 0 Å². The van der Waals surface area contributed by atoms with Crippen molar-refractivity contribution in [2.45, 2.75) is 56.8 Å². The van der Waals surface area contributed by atoms with Gasteiger partial charge in [-0.15, -0.1) is 0 Å². The Morgan fingerprint density at radius 2 is 2.07 bits per heavy atom. The van der Waals surface area contributed by atoms with Gasteiger partial charge >= 0.3 is 0 Å². The smallest absolute Gasteiger partial charge is 0.239 e. The van der Waals surface area contributed by atoms with Gasteiger partial charge in [0.2, 0.25) is 11.8 Å². The predicted molar refractivity (Wildman–Crippen MR) is 106 cm³/mol. The highest BCUT2D eigenvalue weighted by Crippen LogP contribution is 2.28. The maximum Gasteiger partial charge on any atom is 0.239 e. The molecule has 0 bridgehead atoms. The molecule has 0 aliphatic carbocycles. The minimum absolute atomic E-state index is 0.110. The van der Waals surface area contributed by atoms with Crippen molar-refractivity contribution in [1.29, 1.82) is 0 Å². The molecule has 3 aliphatic heterocycles. The Kier molecular flexibility index (Phi) is 5.92. The molecule has 7 nitrogen and oxygen atoms in total. The molecular weight excluding hydrogens is 354 g/mol. The van der Waals surface area contributed by atoms with Crippen molar-refractivity contribution >= 4 is 11.8 Å². The molecule has 0 spiro atoms. The van der Waals surface area contributed by atoms with Crippen LogP contribution in [0.2, 0.25) is 0 Å². The third-order valence-electron chi connectivity index (χ3n) is 6.59. The molecule has 3 fully saturated rings. The van der Waals surface area contributed by atoms with Crippen LogP contribution in [0.15, 0.2) is 24.4 Å². The van der Waals surface area contributed by atoms with E-state index in [4.69, 9.17) is 0 Å². The first kappa shape index (κ1) is 19.3. The molecule has 28 heavy (non-hydrogen) atoms. The highest BCUT2D eigenvalue weighted by molar-refractivity contribution is 5.83. The van der Waals surface area contributed by atoms with Crippen molar-refractivity contribution in [3.05, 3.63) is 30.1 Å². The molecule has 1 aromatic heterocycles. The van der Waals surface area contributed by atoms with Crippen LogP contribution in [0.4, 0.5) is 0 Å². The van der Waals surface area contributed by atoms with Gasteiger partial charge in [0.15, 0.2) is 0 Å². The Labute approximate surface area is 167 Å². The van der Waals surface area contributed by atoms with Gasteiger partial charge in [0.05, 0.1) is 5.69 Å². The van der Waals surface area contributed by atoms with Crippen LogP contribution in [0.1, 0.15) is 37.8 Å². The minimum Gasteiger partial charge on any atom is -0.353 e. The van der Waals surface area contributed by atoms with Gasteiger partial charge in [-0.25, -0.2) is 0 Å². The van der Waals surface area contributed by atoms with E-state index in [1.54, 1.807) is 6.20 Å². The van der Waals surface area contributed by atoms with Crippen molar-refractivity contribution in [2.75, 3.05) is 33.2 Å². The third-order valence-corrected chi connectivity index (χ3v) is 6.59. The molecule has 7 heteroatoms. The number of carbonyl (C=O) groups is 2. The molecule has 1 N–H and O–H groups in total. The molecule has 1 aromatic rings. The second-order valence-corrected chi connectivity index (χ2v) is 8.28. The van der Waals surface area contributed by atoms with Gasteiger partial charge in [-0.05, 0) is 44.9 Å². The number of nitrogens with one attached hydrogen (secondary N) is 1. The fourth-order valence-corrected chi connectivity index (χ4v) is 4.94. The largest absolute Gasteiger partial charge is 0.353 e. The Morgan fingerprint density at radius 3 is 2.82 bits per heavy atom. The molecule has 3 saturated heterocycles. The number of hydrogen-bond acceptors (Lipinski definition) is 5. The first-order valence-electron chi connectivity index (χ1n) is 10.5. The van der Waals surface area contributed by atoms with E-state index in [1.807, 2.05) is 23.1 Å². The van der Waals surface area contributed by atoms with E-state index in [2.05, 4.69) is 27.1 Å². The second-order valence-electron chi connectivity index (χ2n) is 8.28. The number of rotatable bonds is 5. The van der Waals surface area contributed by atoms with Gasteiger partial charge in [-0.3, -0.25) is 24.4 Å². The predicted octanol–water partition coefficient (Wildman–Crippen LogP) is 0.857. The summed E-state index contributed by atoms with van der Waals surface area (Å²) in [6.45, 7) is 4.02. The Bertz CT molecular complexity index is 691. The number of aromatic nitrogens is 1. The fraction of sp³-hybridized carbons (Fsp3) is 0.667. The van der Waals surface area contributed by atoms with E-state index < -0.39 is 0 Å². The lowest BCUT2D eigenvalue weighted by atomic mass is 10.0. The number of hydrogen-bond donors (Lipinski definition) is 1. The lowest BCUT2D eigenvalue weighted by Crippen LogP contribution is -2.49. The van der Waals surface area contributed by atoms with Gasteiger partial charge in [0, 0.05) is 57.4 Å². The summed E-state index contributed by atoms with van der Waals surface area (Å²) < 4.78 is 0. The van der Waals surface area contributed by atoms with Crippen LogP contribution in [0, 0.1) is 0 Å². The zero-order chi connectivity index (χ0) is 19.5. The van der Waals surface area contributed by atoms with Crippen molar-refractivity contribution in [1.82, 2.24) is 25.0 Å². The van der Waals surface area contributed by atoms with Crippen molar-refractivity contribution in [3.8, 4) is 0 Å². The summed E-state index contributed by atoms with van der Waals surface area (Å²) in [6.07, 6.45) is 6.39. The Balaban J connectivity index is 1.39. The average molecular weight is 386 g/mol. The quantitative estimate of drug-likeness (QED) is 0.814. The van der Waals surface area contributed by atoms with Crippen molar-refractivity contribution in [2.24, 2.45) is 0 Å². The molecule has 2 amide bonds. The molecule has 3 atom stereocenters. The minimum atomic E-state index is -0.147. The molecule has 4 heterocycles. The average Bonchev–Trinajstić information content (AvgIpc) is 3.36. The zero-order valence-electron chi connectivity index (χ0n) is 16.7. The molecule has 3 unspecified atom stereocenters.